The Morgan fingerprint density at radius 2 is 2.19 bits per heavy atom. The lowest BCUT2D eigenvalue weighted by atomic mass is 9.93. The minimum absolute atomic E-state index is 0.0280. The number of rotatable bonds is 3. The van der Waals surface area contributed by atoms with E-state index in [0.717, 1.165) is 24.0 Å². The average Bonchev–Trinajstić information content (AvgIpc) is 2.60. The molecule has 1 aliphatic rings. The van der Waals surface area contributed by atoms with Crippen molar-refractivity contribution in [1.29, 1.82) is 0 Å². The highest BCUT2D eigenvalue weighted by Crippen LogP contribution is 2.37. The van der Waals surface area contributed by atoms with Gasteiger partial charge in [0.05, 0.1) is 5.56 Å². The minimum atomic E-state index is -0.937. The van der Waals surface area contributed by atoms with E-state index >= 15 is 0 Å². The third kappa shape index (κ3) is 1.78. The van der Waals surface area contributed by atoms with E-state index < -0.39 is 5.97 Å². The Balaban J connectivity index is 2.43. The minimum Gasteiger partial charge on any atom is -0.478 e. The molecular formula is C12H13NO3. The number of benzene rings is 1. The molecule has 0 fully saturated rings. The second-order valence-corrected chi connectivity index (χ2v) is 4.09. The number of nitrogens with two attached hydrogens (primary N) is 1. The largest absolute Gasteiger partial charge is 0.478 e. The van der Waals surface area contributed by atoms with Gasteiger partial charge >= 0.3 is 5.97 Å². The lowest BCUT2D eigenvalue weighted by Crippen LogP contribution is -2.15. The highest BCUT2D eigenvalue weighted by atomic mass is 16.4. The highest BCUT2D eigenvalue weighted by molar-refractivity contribution is 5.90. The van der Waals surface area contributed by atoms with E-state index in [2.05, 4.69) is 0 Å². The van der Waals surface area contributed by atoms with Crippen molar-refractivity contribution < 1.29 is 14.7 Å². The Morgan fingerprint density at radius 3 is 2.81 bits per heavy atom. The smallest absolute Gasteiger partial charge is 0.335 e. The zero-order valence-electron chi connectivity index (χ0n) is 8.77. The van der Waals surface area contributed by atoms with Crippen LogP contribution in [0.25, 0.3) is 0 Å². The number of primary amides is 1. The first kappa shape index (κ1) is 10.7. The van der Waals surface area contributed by atoms with Crippen molar-refractivity contribution in [1.82, 2.24) is 0 Å². The molecule has 4 heteroatoms. The molecule has 0 heterocycles. The van der Waals surface area contributed by atoms with Crippen molar-refractivity contribution in [2.75, 3.05) is 0 Å². The molecule has 0 bridgehead atoms. The van der Waals surface area contributed by atoms with E-state index in [1.54, 1.807) is 12.1 Å². The summed E-state index contributed by atoms with van der Waals surface area (Å²) >= 11 is 0. The third-order valence-electron chi connectivity index (χ3n) is 3.04. The molecule has 1 amide bonds. The molecule has 0 saturated heterocycles. The number of fused-ring (bicyclic) bond motifs is 1. The summed E-state index contributed by atoms with van der Waals surface area (Å²) in [6.07, 6.45) is 1.87. The van der Waals surface area contributed by atoms with Crippen LogP contribution in [-0.4, -0.2) is 17.0 Å². The Kier molecular flexibility index (Phi) is 2.64. The number of carboxylic acid groups (broad SMARTS) is 1. The van der Waals surface area contributed by atoms with Gasteiger partial charge in [0.25, 0.3) is 0 Å². The molecule has 0 aliphatic heterocycles. The fourth-order valence-electron chi connectivity index (χ4n) is 2.42. The number of amides is 1. The molecular weight excluding hydrogens is 206 g/mol. The maximum absolute atomic E-state index is 11.1. The molecule has 1 atom stereocenters. The molecule has 0 saturated carbocycles. The van der Waals surface area contributed by atoms with Gasteiger partial charge in [-0.3, -0.25) is 4.79 Å². The third-order valence-corrected chi connectivity index (χ3v) is 3.04. The van der Waals surface area contributed by atoms with Crippen LogP contribution in [0, 0.1) is 0 Å². The summed E-state index contributed by atoms with van der Waals surface area (Å²) in [5, 5.41) is 9.08. The lowest BCUT2D eigenvalue weighted by Gasteiger charge is -2.11. The van der Waals surface area contributed by atoms with Crippen LogP contribution in [0.4, 0.5) is 0 Å². The monoisotopic (exact) mass is 219 g/mol. The number of aromatic carboxylic acids is 1. The molecule has 4 nitrogen and oxygen atoms in total. The molecule has 1 unspecified atom stereocenters. The first-order valence-electron chi connectivity index (χ1n) is 5.23. The van der Waals surface area contributed by atoms with Gasteiger partial charge in [-0.25, -0.2) is 4.79 Å². The number of carboxylic acids is 1. The van der Waals surface area contributed by atoms with E-state index in [1.807, 2.05) is 6.07 Å². The van der Waals surface area contributed by atoms with Crippen LogP contribution in [0.1, 0.15) is 40.2 Å². The first-order valence-corrected chi connectivity index (χ1v) is 5.23. The van der Waals surface area contributed by atoms with E-state index in [0.29, 0.717) is 5.56 Å². The Morgan fingerprint density at radius 1 is 1.44 bits per heavy atom. The number of carbonyl (C=O) groups excluding carboxylic acids is 1. The van der Waals surface area contributed by atoms with Crippen molar-refractivity contribution in [3.63, 3.8) is 0 Å². The van der Waals surface area contributed by atoms with Gasteiger partial charge in [-0.1, -0.05) is 12.1 Å². The molecule has 84 valence electrons. The number of hydrogen-bond donors (Lipinski definition) is 2. The van der Waals surface area contributed by atoms with Crippen molar-refractivity contribution in [2.24, 2.45) is 5.73 Å². The molecule has 1 aromatic carbocycles. The van der Waals surface area contributed by atoms with Crippen LogP contribution in [-0.2, 0) is 11.2 Å². The molecule has 0 aromatic heterocycles. The molecule has 2 rings (SSSR count). The Hall–Kier alpha value is -1.84. The first-order chi connectivity index (χ1) is 7.59. The second-order valence-electron chi connectivity index (χ2n) is 4.09. The van der Waals surface area contributed by atoms with E-state index in [4.69, 9.17) is 10.8 Å². The van der Waals surface area contributed by atoms with Gasteiger partial charge in [0.1, 0.15) is 0 Å². The van der Waals surface area contributed by atoms with Gasteiger partial charge in [0, 0.05) is 6.42 Å². The number of hydrogen-bond acceptors (Lipinski definition) is 2. The fourth-order valence-corrected chi connectivity index (χ4v) is 2.42. The van der Waals surface area contributed by atoms with Crippen LogP contribution in [0.3, 0.4) is 0 Å². The maximum Gasteiger partial charge on any atom is 0.335 e. The zero-order chi connectivity index (χ0) is 11.7. The van der Waals surface area contributed by atoms with Gasteiger partial charge in [0.2, 0.25) is 5.91 Å². The van der Waals surface area contributed by atoms with Crippen molar-refractivity contribution in [3.05, 3.63) is 34.9 Å². The Bertz CT molecular complexity index is 454. The average molecular weight is 219 g/mol. The zero-order valence-corrected chi connectivity index (χ0v) is 8.77. The van der Waals surface area contributed by atoms with Gasteiger partial charge in [-0.15, -0.1) is 0 Å². The van der Waals surface area contributed by atoms with Gasteiger partial charge in [-0.05, 0) is 36.0 Å². The molecule has 0 radical (unpaired) electrons. The molecule has 16 heavy (non-hydrogen) atoms. The van der Waals surface area contributed by atoms with Gasteiger partial charge < -0.3 is 10.8 Å². The highest BCUT2D eigenvalue weighted by Gasteiger charge is 2.28. The predicted molar refractivity (Wildman–Crippen MR) is 58.3 cm³/mol. The van der Waals surface area contributed by atoms with Crippen molar-refractivity contribution >= 4 is 11.9 Å². The Labute approximate surface area is 93.1 Å². The molecule has 1 aliphatic carbocycles. The standard InChI is InChI=1S/C12H13NO3/c13-10(14)6-8-5-4-7-2-1-3-9(11(7)8)12(15)16/h1-3,8H,4-6H2,(H2,13,14)(H,15,16). The van der Waals surface area contributed by atoms with E-state index in [1.165, 1.54) is 0 Å². The van der Waals surface area contributed by atoms with Crippen LogP contribution in [0.5, 0.6) is 0 Å². The summed E-state index contributed by atoms with van der Waals surface area (Å²) < 4.78 is 0. The number of carbonyl (C=O) groups is 2. The van der Waals surface area contributed by atoms with Crippen molar-refractivity contribution in [2.45, 2.75) is 25.2 Å². The number of aryl methyl sites for hydroxylation is 1. The summed E-state index contributed by atoms with van der Waals surface area (Å²) in [5.74, 6) is -1.34. The fraction of sp³-hybridized carbons (Fsp3) is 0.333. The molecule has 0 spiro atoms. The van der Waals surface area contributed by atoms with Crippen LogP contribution in [0.2, 0.25) is 0 Å². The van der Waals surface area contributed by atoms with E-state index in [9.17, 15) is 9.59 Å². The van der Waals surface area contributed by atoms with E-state index in [-0.39, 0.29) is 18.2 Å². The van der Waals surface area contributed by atoms with Crippen LogP contribution in [0.15, 0.2) is 18.2 Å². The molecule has 3 N–H and O–H groups in total. The van der Waals surface area contributed by atoms with Crippen LogP contribution < -0.4 is 5.73 Å². The molecule has 1 aromatic rings. The summed E-state index contributed by atoms with van der Waals surface area (Å²) in [6.45, 7) is 0. The second kappa shape index (κ2) is 3.96. The lowest BCUT2D eigenvalue weighted by molar-refractivity contribution is -0.118. The summed E-state index contributed by atoms with van der Waals surface area (Å²) in [7, 11) is 0. The predicted octanol–water partition coefficient (Wildman–Crippen LogP) is 1.29. The quantitative estimate of drug-likeness (QED) is 0.803. The van der Waals surface area contributed by atoms with Crippen molar-refractivity contribution in [3.8, 4) is 0 Å². The van der Waals surface area contributed by atoms with Gasteiger partial charge in [0.15, 0.2) is 0 Å². The normalized spacial score (nSPS) is 18.1. The summed E-state index contributed by atoms with van der Waals surface area (Å²) in [4.78, 5) is 22.0. The summed E-state index contributed by atoms with van der Waals surface area (Å²) in [5.41, 5.74) is 7.31. The maximum atomic E-state index is 11.1. The van der Waals surface area contributed by atoms with Crippen LogP contribution >= 0.6 is 0 Å². The topological polar surface area (TPSA) is 80.4 Å². The van der Waals surface area contributed by atoms with Gasteiger partial charge in [-0.2, -0.15) is 0 Å². The summed E-state index contributed by atoms with van der Waals surface area (Å²) in [6, 6.07) is 5.25. The SMILES string of the molecule is NC(=O)CC1CCc2cccc(C(=O)O)c21.